The molecule has 0 atom stereocenters. The molecule has 0 amide bonds. The van der Waals surface area contributed by atoms with E-state index in [1.54, 1.807) is 6.20 Å². The largest absolute Gasteiger partial charge is 0.490 e. The monoisotopic (exact) mass is 425 g/mol. The number of hydrogen-bond donors (Lipinski definition) is 1. The van der Waals surface area contributed by atoms with Crippen LogP contribution in [-0.2, 0) is 0 Å². The zero-order valence-corrected chi connectivity index (χ0v) is 16.5. The van der Waals surface area contributed by atoms with E-state index in [1.165, 1.54) is 0 Å². The van der Waals surface area contributed by atoms with Gasteiger partial charge >= 0.3 is 0 Å². The van der Waals surface area contributed by atoms with Crippen molar-refractivity contribution in [1.82, 2.24) is 4.98 Å². The summed E-state index contributed by atoms with van der Waals surface area (Å²) in [6.07, 6.45) is 1.72. The van der Waals surface area contributed by atoms with E-state index in [4.69, 9.17) is 9.47 Å². The maximum atomic E-state index is 5.72. The third-order valence-electron chi connectivity index (χ3n) is 3.71. The molecule has 0 aliphatic heterocycles. The maximum absolute atomic E-state index is 5.72. The molecule has 3 rings (SSSR count). The van der Waals surface area contributed by atoms with E-state index < -0.39 is 0 Å². The van der Waals surface area contributed by atoms with Crippen molar-refractivity contribution < 1.29 is 9.47 Å². The molecule has 5 nitrogen and oxygen atoms in total. The minimum atomic E-state index is 0.476. The van der Waals surface area contributed by atoms with Crippen molar-refractivity contribution in [2.75, 3.05) is 18.6 Å². The topological polar surface area (TPSA) is 55.7 Å². The minimum absolute atomic E-state index is 0.476. The number of hydrazone groups is 1. The average molecular weight is 426 g/mol. The van der Waals surface area contributed by atoms with Crippen molar-refractivity contribution in [2.24, 2.45) is 5.10 Å². The van der Waals surface area contributed by atoms with Crippen LogP contribution in [0.4, 0.5) is 5.82 Å². The summed E-state index contributed by atoms with van der Waals surface area (Å²) in [7, 11) is 0. The Labute approximate surface area is 167 Å². The lowest BCUT2D eigenvalue weighted by atomic mass is 10.1. The first-order valence-electron chi connectivity index (χ1n) is 8.54. The number of nitrogens with one attached hydrogen (secondary N) is 1. The van der Waals surface area contributed by atoms with Crippen LogP contribution in [-0.4, -0.2) is 23.9 Å². The summed E-state index contributed by atoms with van der Waals surface area (Å²) >= 11 is 3.40. The van der Waals surface area contributed by atoms with Crippen LogP contribution in [0.5, 0.6) is 11.5 Å². The normalized spacial score (nSPS) is 11.1. The zero-order chi connectivity index (χ0) is 18.9. The number of benzene rings is 2. The standard InChI is InChI=1S/C21H20BrN3O2/c1-16(24-25-21-4-2-3-13-23-21)17-5-9-19(10-6-17)26-14-15-27-20-11-7-18(22)8-12-20/h2-13H,14-15H2,1H3,(H,23,25). The molecule has 0 fully saturated rings. The highest BCUT2D eigenvalue weighted by atomic mass is 79.9. The number of rotatable bonds is 8. The van der Waals surface area contributed by atoms with E-state index >= 15 is 0 Å². The summed E-state index contributed by atoms with van der Waals surface area (Å²) in [6, 6.07) is 21.2. The van der Waals surface area contributed by atoms with Crippen molar-refractivity contribution in [3.05, 3.63) is 83.0 Å². The molecule has 27 heavy (non-hydrogen) atoms. The smallest absolute Gasteiger partial charge is 0.146 e. The number of pyridine rings is 1. The first-order valence-corrected chi connectivity index (χ1v) is 9.33. The fourth-order valence-corrected chi connectivity index (χ4v) is 2.54. The Bertz CT molecular complexity index is 866. The lowest BCUT2D eigenvalue weighted by Gasteiger charge is -2.09. The Morgan fingerprint density at radius 2 is 1.56 bits per heavy atom. The molecule has 0 bridgehead atoms. The number of halogens is 1. The third kappa shape index (κ3) is 6.11. The predicted octanol–water partition coefficient (Wildman–Crippen LogP) is 5.14. The summed E-state index contributed by atoms with van der Waals surface area (Å²) in [5.41, 5.74) is 4.82. The number of anilines is 1. The Morgan fingerprint density at radius 1 is 0.926 bits per heavy atom. The van der Waals surface area contributed by atoms with Gasteiger partial charge in [0.1, 0.15) is 30.5 Å². The van der Waals surface area contributed by atoms with Gasteiger partial charge in [0.15, 0.2) is 0 Å². The van der Waals surface area contributed by atoms with Gasteiger partial charge in [-0.15, -0.1) is 0 Å². The van der Waals surface area contributed by atoms with Gasteiger partial charge in [-0.05, 0) is 73.2 Å². The lowest BCUT2D eigenvalue weighted by molar-refractivity contribution is 0.217. The van der Waals surface area contributed by atoms with Gasteiger partial charge in [-0.3, -0.25) is 5.43 Å². The molecule has 0 saturated carbocycles. The fourth-order valence-electron chi connectivity index (χ4n) is 2.28. The molecule has 0 spiro atoms. The van der Waals surface area contributed by atoms with Crippen LogP contribution in [0.3, 0.4) is 0 Å². The highest BCUT2D eigenvalue weighted by Crippen LogP contribution is 2.16. The van der Waals surface area contributed by atoms with Gasteiger partial charge in [0, 0.05) is 10.7 Å². The summed E-state index contributed by atoms with van der Waals surface area (Å²) in [6.45, 7) is 2.90. The van der Waals surface area contributed by atoms with Crippen LogP contribution >= 0.6 is 15.9 Å². The highest BCUT2D eigenvalue weighted by molar-refractivity contribution is 9.10. The van der Waals surface area contributed by atoms with Gasteiger partial charge in [0.05, 0.1) is 5.71 Å². The SMILES string of the molecule is CC(=NNc1ccccn1)c1ccc(OCCOc2ccc(Br)cc2)cc1. The zero-order valence-electron chi connectivity index (χ0n) is 14.9. The molecule has 1 aromatic heterocycles. The summed E-state index contributed by atoms with van der Waals surface area (Å²) in [5, 5.41) is 4.35. The van der Waals surface area contributed by atoms with Crippen LogP contribution in [0.1, 0.15) is 12.5 Å². The Hall–Kier alpha value is -2.86. The highest BCUT2D eigenvalue weighted by Gasteiger charge is 2.00. The second-order valence-corrected chi connectivity index (χ2v) is 6.61. The van der Waals surface area contributed by atoms with E-state index in [0.717, 1.165) is 27.2 Å². The van der Waals surface area contributed by atoms with E-state index in [1.807, 2.05) is 73.7 Å². The molecule has 0 radical (unpaired) electrons. The van der Waals surface area contributed by atoms with Crippen molar-refractivity contribution in [1.29, 1.82) is 0 Å². The minimum Gasteiger partial charge on any atom is -0.490 e. The average Bonchev–Trinajstić information content (AvgIpc) is 2.72. The number of hydrogen-bond acceptors (Lipinski definition) is 5. The molecule has 0 unspecified atom stereocenters. The molecular weight excluding hydrogens is 406 g/mol. The summed E-state index contributed by atoms with van der Waals surface area (Å²) in [5.74, 6) is 2.33. The molecule has 3 aromatic rings. The van der Waals surface area contributed by atoms with Crippen LogP contribution in [0.25, 0.3) is 0 Å². The van der Waals surface area contributed by atoms with Crippen LogP contribution in [0, 0.1) is 0 Å². The van der Waals surface area contributed by atoms with Gasteiger partial charge in [-0.25, -0.2) is 4.98 Å². The Kier molecular flexibility index (Phi) is 6.82. The lowest BCUT2D eigenvalue weighted by Crippen LogP contribution is -2.09. The molecule has 138 valence electrons. The van der Waals surface area contributed by atoms with E-state index in [-0.39, 0.29) is 0 Å². The van der Waals surface area contributed by atoms with Gasteiger partial charge < -0.3 is 9.47 Å². The molecule has 0 aliphatic rings. The van der Waals surface area contributed by atoms with Gasteiger partial charge in [-0.1, -0.05) is 22.0 Å². The van der Waals surface area contributed by atoms with Gasteiger partial charge in [-0.2, -0.15) is 5.10 Å². The number of aromatic nitrogens is 1. The predicted molar refractivity (Wildman–Crippen MR) is 112 cm³/mol. The third-order valence-corrected chi connectivity index (χ3v) is 4.24. The van der Waals surface area contributed by atoms with Gasteiger partial charge in [0.2, 0.25) is 0 Å². The van der Waals surface area contributed by atoms with E-state index in [2.05, 4.69) is 31.4 Å². The molecule has 1 heterocycles. The first-order chi connectivity index (χ1) is 13.2. The first kappa shape index (κ1) is 18.9. The quantitative estimate of drug-likeness (QED) is 0.308. The summed E-state index contributed by atoms with van der Waals surface area (Å²) in [4.78, 5) is 4.17. The number of ether oxygens (including phenoxy) is 2. The van der Waals surface area contributed by atoms with E-state index in [0.29, 0.717) is 19.0 Å². The van der Waals surface area contributed by atoms with Crippen molar-refractivity contribution in [2.45, 2.75) is 6.92 Å². The second-order valence-electron chi connectivity index (χ2n) is 5.70. The maximum Gasteiger partial charge on any atom is 0.146 e. The summed E-state index contributed by atoms with van der Waals surface area (Å²) < 4.78 is 12.4. The fraction of sp³-hybridized carbons (Fsp3) is 0.143. The van der Waals surface area contributed by atoms with Crippen molar-refractivity contribution in [3.63, 3.8) is 0 Å². The Morgan fingerprint density at radius 3 is 2.15 bits per heavy atom. The molecular formula is C21H20BrN3O2. The molecule has 2 aromatic carbocycles. The van der Waals surface area contributed by atoms with Crippen LogP contribution in [0.15, 0.2) is 82.5 Å². The van der Waals surface area contributed by atoms with Crippen molar-refractivity contribution >= 4 is 27.5 Å². The molecule has 6 heteroatoms. The molecule has 0 aliphatic carbocycles. The second kappa shape index (κ2) is 9.73. The van der Waals surface area contributed by atoms with Crippen molar-refractivity contribution in [3.8, 4) is 11.5 Å². The van der Waals surface area contributed by atoms with Gasteiger partial charge in [0.25, 0.3) is 0 Å². The Balaban J connectivity index is 1.46. The van der Waals surface area contributed by atoms with Crippen LogP contribution < -0.4 is 14.9 Å². The number of nitrogens with zero attached hydrogens (tertiary/aromatic N) is 2. The van der Waals surface area contributed by atoms with Crippen LogP contribution in [0.2, 0.25) is 0 Å². The molecule has 0 saturated heterocycles. The van der Waals surface area contributed by atoms with E-state index in [9.17, 15) is 0 Å². The molecule has 1 N–H and O–H groups in total.